The second-order valence-corrected chi connectivity index (χ2v) is 7.39. The molecule has 6 heteroatoms. The molecule has 6 nitrogen and oxygen atoms in total. The van der Waals surface area contributed by atoms with Crippen LogP contribution in [0.5, 0.6) is 5.75 Å². The largest absolute Gasteiger partial charge is 0.481 e. The van der Waals surface area contributed by atoms with Crippen molar-refractivity contribution >= 4 is 17.5 Å². The van der Waals surface area contributed by atoms with Gasteiger partial charge in [0.25, 0.3) is 11.8 Å². The number of hydrogen-bond donors (Lipinski definition) is 1. The zero-order valence-corrected chi connectivity index (χ0v) is 17.4. The first-order valence-electron chi connectivity index (χ1n) is 10.1. The van der Waals surface area contributed by atoms with Crippen LogP contribution in [0.25, 0.3) is 0 Å². The number of ether oxygens (including phenoxy) is 1. The summed E-state index contributed by atoms with van der Waals surface area (Å²) in [7, 11) is 2.05. The molecule has 2 aromatic carbocycles. The van der Waals surface area contributed by atoms with Crippen LogP contribution in [0, 0.1) is 0 Å². The number of nitrogens with one attached hydrogen (secondary N) is 1. The molecular formula is C23H29N3O3. The van der Waals surface area contributed by atoms with E-state index < -0.39 is 6.10 Å². The fraction of sp³-hybridized carbons (Fsp3) is 0.391. The number of para-hydroxylation sites is 1. The number of likely N-dealkylation sites (N-methyl/N-ethyl adjacent to an activating group) is 1. The fourth-order valence-electron chi connectivity index (χ4n) is 3.25. The van der Waals surface area contributed by atoms with Gasteiger partial charge in [-0.25, -0.2) is 0 Å². The second kappa shape index (κ2) is 9.56. The van der Waals surface area contributed by atoms with Gasteiger partial charge in [-0.05, 0) is 50.2 Å². The summed E-state index contributed by atoms with van der Waals surface area (Å²) in [6, 6.07) is 14.9. The van der Waals surface area contributed by atoms with E-state index in [0.29, 0.717) is 30.1 Å². The van der Waals surface area contributed by atoms with Crippen LogP contribution in [0.4, 0.5) is 5.69 Å². The van der Waals surface area contributed by atoms with Gasteiger partial charge in [-0.15, -0.1) is 0 Å². The summed E-state index contributed by atoms with van der Waals surface area (Å²) in [6.45, 7) is 6.86. The molecular weight excluding hydrogens is 366 g/mol. The van der Waals surface area contributed by atoms with Crippen molar-refractivity contribution < 1.29 is 14.3 Å². The zero-order chi connectivity index (χ0) is 20.8. The van der Waals surface area contributed by atoms with Crippen molar-refractivity contribution in [3.63, 3.8) is 0 Å². The van der Waals surface area contributed by atoms with E-state index in [1.165, 1.54) is 5.56 Å². The molecule has 0 spiro atoms. The first-order valence-corrected chi connectivity index (χ1v) is 10.1. The van der Waals surface area contributed by atoms with Crippen molar-refractivity contribution in [2.24, 2.45) is 0 Å². The van der Waals surface area contributed by atoms with E-state index >= 15 is 0 Å². The van der Waals surface area contributed by atoms with Crippen LogP contribution in [0.2, 0.25) is 0 Å². The van der Waals surface area contributed by atoms with Crippen LogP contribution in [0.1, 0.15) is 29.8 Å². The summed E-state index contributed by atoms with van der Waals surface area (Å²) in [5.74, 6) is 0.299. The monoisotopic (exact) mass is 395 g/mol. The summed E-state index contributed by atoms with van der Waals surface area (Å²) >= 11 is 0. The predicted octanol–water partition coefficient (Wildman–Crippen LogP) is 3.04. The van der Waals surface area contributed by atoms with E-state index in [-0.39, 0.29) is 11.8 Å². The van der Waals surface area contributed by atoms with Gasteiger partial charge in [-0.2, -0.15) is 0 Å². The number of nitrogens with zero attached hydrogens (tertiary/aromatic N) is 2. The predicted molar refractivity (Wildman–Crippen MR) is 114 cm³/mol. The van der Waals surface area contributed by atoms with E-state index in [9.17, 15) is 9.59 Å². The number of benzene rings is 2. The van der Waals surface area contributed by atoms with Crippen molar-refractivity contribution in [2.75, 3.05) is 38.5 Å². The van der Waals surface area contributed by atoms with Gasteiger partial charge in [-0.3, -0.25) is 9.59 Å². The van der Waals surface area contributed by atoms with Crippen LogP contribution in [0.3, 0.4) is 0 Å². The minimum atomic E-state index is -0.686. The molecule has 0 saturated carbocycles. The van der Waals surface area contributed by atoms with Gasteiger partial charge in [-0.1, -0.05) is 31.2 Å². The molecule has 154 valence electrons. The first kappa shape index (κ1) is 20.9. The highest BCUT2D eigenvalue weighted by Gasteiger charge is 2.24. The maximum absolute atomic E-state index is 13.0. The van der Waals surface area contributed by atoms with Gasteiger partial charge in [0.05, 0.1) is 11.3 Å². The first-order chi connectivity index (χ1) is 14.0. The van der Waals surface area contributed by atoms with E-state index in [0.717, 1.165) is 19.5 Å². The van der Waals surface area contributed by atoms with Crippen LogP contribution < -0.4 is 10.1 Å². The van der Waals surface area contributed by atoms with Gasteiger partial charge in [0, 0.05) is 26.2 Å². The van der Waals surface area contributed by atoms with E-state index in [1.54, 1.807) is 19.1 Å². The van der Waals surface area contributed by atoms with Gasteiger partial charge in [0.15, 0.2) is 6.10 Å². The molecule has 1 N–H and O–H groups in total. The number of rotatable bonds is 6. The second-order valence-electron chi connectivity index (χ2n) is 7.39. The number of carbonyl (C=O) groups is 2. The molecule has 1 aliphatic rings. The van der Waals surface area contributed by atoms with Crippen LogP contribution in [0.15, 0.2) is 48.5 Å². The average molecular weight is 396 g/mol. The standard InChI is InChI=1S/C23H29N3O3/c1-4-18-9-11-19(12-10-18)29-17(2)22(27)24-21-8-6-5-7-20(21)23(28)26-15-13-25(3)14-16-26/h5-12,17H,4,13-16H2,1-3H3,(H,24,27)/t17-/m0/s1. The molecule has 2 aromatic rings. The number of amides is 2. The van der Waals surface area contributed by atoms with Crippen LogP contribution in [-0.2, 0) is 11.2 Å². The summed E-state index contributed by atoms with van der Waals surface area (Å²) in [5.41, 5.74) is 2.23. The maximum Gasteiger partial charge on any atom is 0.265 e. The average Bonchev–Trinajstić information content (AvgIpc) is 2.74. The lowest BCUT2D eigenvalue weighted by Crippen LogP contribution is -2.47. The Hall–Kier alpha value is -2.86. The SMILES string of the molecule is CCc1ccc(O[C@@H](C)C(=O)Nc2ccccc2C(=O)N2CCN(C)CC2)cc1. The van der Waals surface area contributed by atoms with Gasteiger partial charge in [0.2, 0.25) is 0 Å². The Balaban J connectivity index is 1.66. The third-order valence-electron chi connectivity index (χ3n) is 5.22. The highest BCUT2D eigenvalue weighted by atomic mass is 16.5. The van der Waals surface area contributed by atoms with Crippen LogP contribution >= 0.6 is 0 Å². The molecule has 1 heterocycles. The molecule has 1 aliphatic heterocycles. The Bertz CT molecular complexity index is 843. The Morgan fingerprint density at radius 2 is 1.69 bits per heavy atom. The summed E-state index contributed by atoms with van der Waals surface area (Å²) < 4.78 is 5.76. The number of piperazine rings is 1. The van der Waals surface area contributed by atoms with E-state index in [2.05, 4.69) is 17.1 Å². The minimum Gasteiger partial charge on any atom is -0.481 e. The highest BCUT2D eigenvalue weighted by molar-refractivity contribution is 6.04. The minimum absolute atomic E-state index is 0.0577. The number of anilines is 1. The topological polar surface area (TPSA) is 61.9 Å². The lowest BCUT2D eigenvalue weighted by atomic mass is 10.1. The molecule has 0 radical (unpaired) electrons. The van der Waals surface area contributed by atoms with Crippen molar-refractivity contribution in [2.45, 2.75) is 26.4 Å². The van der Waals surface area contributed by atoms with E-state index in [4.69, 9.17) is 4.74 Å². The van der Waals surface area contributed by atoms with Gasteiger partial charge >= 0.3 is 0 Å². The van der Waals surface area contributed by atoms with Crippen molar-refractivity contribution in [3.05, 3.63) is 59.7 Å². The Morgan fingerprint density at radius 3 is 2.34 bits per heavy atom. The summed E-state index contributed by atoms with van der Waals surface area (Å²) in [4.78, 5) is 29.7. The lowest BCUT2D eigenvalue weighted by molar-refractivity contribution is -0.122. The van der Waals surface area contributed by atoms with Gasteiger partial charge < -0.3 is 19.9 Å². The molecule has 29 heavy (non-hydrogen) atoms. The molecule has 1 saturated heterocycles. The van der Waals surface area contributed by atoms with Crippen molar-refractivity contribution in [1.29, 1.82) is 0 Å². The van der Waals surface area contributed by atoms with Crippen molar-refractivity contribution in [3.8, 4) is 5.75 Å². The molecule has 1 atom stereocenters. The van der Waals surface area contributed by atoms with E-state index in [1.807, 2.05) is 48.3 Å². The third-order valence-corrected chi connectivity index (χ3v) is 5.22. The molecule has 3 rings (SSSR count). The fourth-order valence-corrected chi connectivity index (χ4v) is 3.25. The Morgan fingerprint density at radius 1 is 1.03 bits per heavy atom. The normalized spacial score (nSPS) is 15.6. The molecule has 0 bridgehead atoms. The number of hydrogen-bond acceptors (Lipinski definition) is 4. The molecule has 1 fully saturated rings. The molecule has 0 aromatic heterocycles. The quantitative estimate of drug-likeness (QED) is 0.817. The zero-order valence-electron chi connectivity index (χ0n) is 17.4. The summed E-state index contributed by atoms with van der Waals surface area (Å²) in [6.07, 6.45) is 0.267. The van der Waals surface area contributed by atoms with Crippen LogP contribution in [-0.4, -0.2) is 60.9 Å². The molecule has 0 unspecified atom stereocenters. The lowest BCUT2D eigenvalue weighted by Gasteiger charge is -2.32. The Kier molecular flexibility index (Phi) is 6.88. The molecule has 2 amide bonds. The number of carbonyl (C=O) groups excluding carboxylic acids is 2. The summed E-state index contributed by atoms with van der Waals surface area (Å²) in [5, 5.41) is 2.86. The number of aryl methyl sites for hydroxylation is 1. The Labute approximate surface area is 172 Å². The van der Waals surface area contributed by atoms with Gasteiger partial charge in [0.1, 0.15) is 5.75 Å². The molecule has 0 aliphatic carbocycles. The van der Waals surface area contributed by atoms with Crippen molar-refractivity contribution in [1.82, 2.24) is 9.80 Å². The third kappa shape index (κ3) is 5.35. The maximum atomic E-state index is 13.0. The smallest absolute Gasteiger partial charge is 0.265 e. The highest BCUT2D eigenvalue weighted by Crippen LogP contribution is 2.20.